The van der Waals surface area contributed by atoms with Gasteiger partial charge in [-0.25, -0.2) is 4.98 Å². The third kappa shape index (κ3) is 2.57. The molecule has 2 rings (SSSR count). The molecule has 94 valence electrons. The van der Waals surface area contributed by atoms with Crippen LogP contribution in [0.1, 0.15) is 31.2 Å². The summed E-state index contributed by atoms with van der Waals surface area (Å²) in [6.45, 7) is 8.20. The Kier molecular flexibility index (Phi) is 3.33. The van der Waals surface area contributed by atoms with Crippen molar-refractivity contribution in [1.29, 1.82) is 0 Å². The van der Waals surface area contributed by atoms with Crippen LogP contribution >= 0.6 is 0 Å². The van der Waals surface area contributed by atoms with Crippen LogP contribution in [0.4, 0.5) is 5.82 Å². The van der Waals surface area contributed by atoms with Gasteiger partial charge in [0.05, 0.1) is 18.0 Å². The van der Waals surface area contributed by atoms with E-state index >= 15 is 0 Å². The molecule has 0 bridgehead atoms. The quantitative estimate of drug-likeness (QED) is 0.847. The predicted octanol–water partition coefficient (Wildman–Crippen LogP) is 1.69. The van der Waals surface area contributed by atoms with Crippen molar-refractivity contribution in [1.82, 2.24) is 9.97 Å². The molecule has 0 aromatic carbocycles. The van der Waals surface area contributed by atoms with E-state index in [2.05, 4.69) is 21.8 Å². The lowest BCUT2D eigenvalue weighted by Crippen LogP contribution is -2.44. The van der Waals surface area contributed by atoms with Gasteiger partial charge < -0.3 is 10.0 Å². The molecule has 2 heterocycles. The lowest BCUT2D eigenvalue weighted by Gasteiger charge is -2.40. The molecular weight excluding hydrogens is 214 g/mol. The Balaban J connectivity index is 2.24. The van der Waals surface area contributed by atoms with E-state index in [1.54, 1.807) is 6.20 Å². The van der Waals surface area contributed by atoms with E-state index < -0.39 is 0 Å². The highest BCUT2D eigenvalue weighted by Gasteiger charge is 2.31. The number of hydrogen-bond acceptors (Lipinski definition) is 4. The van der Waals surface area contributed by atoms with E-state index in [-0.39, 0.29) is 12.0 Å². The third-order valence-electron chi connectivity index (χ3n) is 3.51. The maximum absolute atomic E-state index is 9.48. The Morgan fingerprint density at radius 1 is 1.47 bits per heavy atom. The number of aryl methyl sites for hydroxylation is 2. The maximum atomic E-state index is 9.48. The van der Waals surface area contributed by atoms with Gasteiger partial charge in [0, 0.05) is 24.7 Å². The molecule has 4 heteroatoms. The summed E-state index contributed by atoms with van der Waals surface area (Å²) in [5.41, 5.74) is 1.91. The molecule has 0 saturated carbocycles. The topological polar surface area (TPSA) is 49.2 Å². The minimum absolute atomic E-state index is 0.00385. The van der Waals surface area contributed by atoms with Crippen LogP contribution in [-0.4, -0.2) is 34.8 Å². The molecule has 1 aliphatic rings. The second-order valence-electron chi connectivity index (χ2n) is 5.41. The summed E-state index contributed by atoms with van der Waals surface area (Å²) in [5.74, 6) is 0.976. The highest BCUT2D eigenvalue weighted by molar-refractivity contribution is 5.44. The number of nitrogens with zero attached hydrogens (tertiary/aromatic N) is 3. The number of aliphatic hydroxyl groups excluding tert-OH is 1. The second kappa shape index (κ2) is 4.61. The molecule has 1 aromatic heterocycles. The molecule has 4 nitrogen and oxygen atoms in total. The Morgan fingerprint density at radius 3 is 2.94 bits per heavy atom. The van der Waals surface area contributed by atoms with E-state index in [9.17, 15) is 5.11 Å². The van der Waals surface area contributed by atoms with Gasteiger partial charge in [0.1, 0.15) is 5.82 Å². The van der Waals surface area contributed by atoms with Crippen LogP contribution in [0.15, 0.2) is 6.20 Å². The van der Waals surface area contributed by atoms with Gasteiger partial charge in [0.2, 0.25) is 0 Å². The monoisotopic (exact) mass is 235 g/mol. The Labute approximate surface area is 103 Å². The van der Waals surface area contributed by atoms with Crippen LogP contribution in [0.2, 0.25) is 0 Å². The minimum atomic E-state index is -0.00385. The summed E-state index contributed by atoms with van der Waals surface area (Å²) in [4.78, 5) is 11.2. The van der Waals surface area contributed by atoms with Gasteiger partial charge in [-0.05, 0) is 26.7 Å². The molecule has 0 unspecified atom stereocenters. The molecule has 1 aliphatic heterocycles. The van der Waals surface area contributed by atoms with Gasteiger partial charge >= 0.3 is 0 Å². The number of aliphatic hydroxyl groups is 1. The zero-order valence-electron chi connectivity index (χ0n) is 10.9. The number of piperidine rings is 1. The first kappa shape index (κ1) is 12.3. The van der Waals surface area contributed by atoms with Crippen LogP contribution < -0.4 is 4.90 Å². The predicted molar refractivity (Wildman–Crippen MR) is 68.1 cm³/mol. The van der Waals surface area contributed by atoms with Crippen molar-refractivity contribution in [2.24, 2.45) is 5.41 Å². The standard InChI is InChI=1S/C13H21N3O/c1-10-7-14-11(2)12(15-10)16-6-4-5-13(3,8-16)9-17/h7,17H,4-6,8-9H2,1-3H3/t13-/m0/s1. The van der Waals surface area contributed by atoms with E-state index in [1.165, 1.54) is 0 Å². The summed E-state index contributed by atoms with van der Waals surface area (Å²) in [7, 11) is 0. The van der Waals surface area contributed by atoms with Crippen LogP contribution in [0.25, 0.3) is 0 Å². The van der Waals surface area contributed by atoms with E-state index in [1.807, 2.05) is 13.8 Å². The van der Waals surface area contributed by atoms with Crippen LogP contribution in [0.3, 0.4) is 0 Å². The normalized spacial score (nSPS) is 25.1. The van der Waals surface area contributed by atoms with Gasteiger partial charge in [-0.1, -0.05) is 6.92 Å². The van der Waals surface area contributed by atoms with Crippen molar-refractivity contribution >= 4 is 5.82 Å². The highest BCUT2D eigenvalue weighted by atomic mass is 16.3. The van der Waals surface area contributed by atoms with E-state index in [4.69, 9.17) is 0 Å². The molecule has 1 aromatic rings. The molecule has 1 atom stereocenters. The number of rotatable bonds is 2. The number of anilines is 1. The average molecular weight is 235 g/mol. The highest BCUT2D eigenvalue weighted by Crippen LogP contribution is 2.31. The van der Waals surface area contributed by atoms with Crippen molar-refractivity contribution in [2.75, 3.05) is 24.6 Å². The van der Waals surface area contributed by atoms with Crippen molar-refractivity contribution in [2.45, 2.75) is 33.6 Å². The van der Waals surface area contributed by atoms with Gasteiger partial charge in [-0.15, -0.1) is 0 Å². The third-order valence-corrected chi connectivity index (χ3v) is 3.51. The molecule has 0 aliphatic carbocycles. The summed E-state index contributed by atoms with van der Waals surface area (Å²) in [6.07, 6.45) is 3.98. The Bertz CT molecular complexity index is 408. The van der Waals surface area contributed by atoms with E-state index in [0.717, 1.165) is 43.1 Å². The lowest BCUT2D eigenvalue weighted by atomic mass is 9.83. The average Bonchev–Trinajstić information content (AvgIpc) is 2.32. The molecular formula is C13H21N3O. The number of aromatic nitrogens is 2. The SMILES string of the molecule is Cc1cnc(C)c(N2CCC[C@](C)(CO)C2)n1. The maximum Gasteiger partial charge on any atom is 0.150 e. The van der Waals surface area contributed by atoms with Crippen molar-refractivity contribution in [3.63, 3.8) is 0 Å². The lowest BCUT2D eigenvalue weighted by molar-refractivity contribution is 0.123. The Morgan fingerprint density at radius 2 is 2.24 bits per heavy atom. The van der Waals surface area contributed by atoms with Gasteiger partial charge in [0.25, 0.3) is 0 Å². The van der Waals surface area contributed by atoms with Gasteiger partial charge in [0.15, 0.2) is 0 Å². The summed E-state index contributed by atoms with van der Waals surface area (Å²) in [5, 5.41) is 9.48. The van der Waals surface area contributed by atoms with Crippen molar-refractivity contribution in [3.05, 3.63) is 17.6 Å². The fourth-order valence-corrected chi connectivity index (χ4v) is 2.45. The summed E-state index contributed by atoms with van der Waals surface area (Å²) in [6, 6.07) is 0. The van der Waals surface area contributed by atoms with Crippen molar-refractivity contribution in [3.8, 4) is 0 Å². The van der Waals surface area contributed by atoms with Crippen molar-refractivity contribution < 1.29 is 5.11 Å². The van der Waals surface area contributed by atoms with Crippen LogP contribution in [0.5, 0.6) is 0 Å². The summed E-state index contributed by atoms with van der Waals surface area (Å²) < 4.78 is 0. The second-order valence-corrected chi connectivity index (χ2v) is 5.41. The fourth-order valence-electron chi connectivity index (χ4n) is 2.45. The first-order valence-corrected chi connectivity index (χ1v) is 6.20. The molecule has 1 saturated heterocycles. The molecule has 0 spiro atoms. The molecule has 17 heavy (non-hydrogen) atoms. The molecule has 0 amide bonds. The zero-order chi connectivity index (χ0) is 12.5. The summed E-state index contributed by atoms with van der Waals surface area (Å²) >= 11 is 0. The van der Waals surface area contributed by atoms with Gasteiger partial charge in [-0.3, -0.25) is 4.98 Å². The molecule has 1 N–H and O–H groups in total. The first-order chi connectivity index (χ1) is 8.04. The number of hydrogen-bond donors (Lipinski definition) is 1. The van der Waals surface area contributed by atoms with Gasteiger partial charge in [-0.2, -0.15) is 0 Å². The van der Waals surface area contributed by atoms with Crippen LogP contribution in [0, 0.1) is 19.3 Å². The molecule has 1 fully saturated rings. The smallest absolute Gasteiger partial charge is 0.150 e. The fraction of sp³-hybridized carbons (Fsp3) is 0.692. The first-order valence-electron chi connectivity index (χ1n) is 6.20. The molecule has 0 radical (unpaired) electrons. The zero-order valence-corrected chi connectivity index (χ0v) is 10.9. The largest absolute Gasteiger partial charge is 0.396 e. The minimum Gasteiger partial charge on any atom is -0.396 e. The Hall–Kier alpha value is -1.16. The van der Waals surface area contributed by atoms with E-state index in [0.29, 0.717) is 0 Å². The van der Waals surface area contributed by atoms with Crippen LogP contribution in [-0.2, 0) is 0 Å².